The van der Waals surface area contributed by atoms with Crippen molar-refractivity contribution in [2.24, 2.45) is 5.92 Å². The van der Waals surface area contributed by atoms with Gasteiger partial charge in [-0.3, -0.25) is 14.3 Å². The number of hydrogen-bond acceptors (Lipinski definition) is 5. The number of carbonyl (C=O) groups is 2. The van der Waals surface area contributed by atoms with E-state index in [1.165, 1.54) is 29.2 Å². The zero-order chi connectivity index (χ0) is 24.2. The van der Waals surface area contributed by atoms with Crippen LogP contribution in [0.4, 0.5) is 18.9 Å². The van der Waals surface area contributed by atoms with E-state index in [-0.39, 0.29) is 35.3 Å². The topological polar surface area (TPSA) is 92.8 Å². The summed E-state index contributed by atoms with van der Waals surface area (Å²) in [6.07, 6.45) is -3.42. The summed E-state index contributed by atoms with van der Waals surface area (Å²) in [5.74, 6) is -1.27. The average molecular weight is 484 g/mol. The van der Waals surface area contributed by atoms with Crippen molar-refractivity contribution in [1.29, 1.82) is 0 Å². The predicted octanol–water partition coefficient (Wildman–Crippen LogP) is 3.92. The lowest BCUT2D eigenvalue weighted by atomic mass is 9.97. The smallest absolute Gasteiger partial charge is 0.416 e. The number of rotatable bonds is 6. The second-order valence-electron chi connectivity index (χ2n) is 7.55. The van der Waals surface area contributed by atoms with Gasteiger partial charge < -0.3 is 9.64 Å². The normalized spacial score (nSPS) is 16.8. The fourth-order valence-electron chi connectivity index (χ4n) is 3.57. The number of ether oxygens (including phenoxy) is 1. The third-order valence-electron chi connectivity index (χ3n) is 5.16. The summed E-state index contributed by atoms with van der Waals surface area (Å²) in [5.41, 5.74) is -1.16. The Morgan fingerprint density at radius 2 is 1.88 bits per heavy atom. The molecule has 0 unspecified atom stereocenters. The van der Waals surface area contributed by atoms with E-state index < -0.39 is 33.6 Å². The number of carbonyl (C=O) groups excluding carboxylic acids is 2. The summed E-state index contributed by atoms with van der Waals surface area (Å²) in [6, 6.07) is 9.04. The molecule has 33 heavy (non-hydrogen) atoms. The third-order valence-corrected chi connectivity index (χ3v) is 6.54. The van der Waals surface area contributed by atoms with Crippen molar-refractivity contribution < 1.29 is 35.9 Å². The molecular weight excluding hydrogens is 461 g/mol. The molecule has 1 amide bonds. The Hall–Kier alpha value is -3.08. The summed E-state index contributed by atoms with van der Waals surface area (Å²) in [7, 11) is -4.26. The molecule has 2 aromatic carbocycles. The Kier molecular flexibility index (Phi) is 7.31. The summed E-state index contributed by atoms with van der Waals surface area (Å²) in [5, 5.41) is 0. The molecule has 3 rings (SSSR count). The van der Waals surface area contributed by atoms with Gasteiger partial charge in [0.2, 0.25) is 0 Å². The number of anilines is 1. The molecule has 11 heteroatoms. The van der Waals surface area contributed by atoms with Gasteiger partial charge in [0.15, 0.2) is 0 Å². The van der Waals surface area contributed by atoms with E-state index in [4.69, 9.17) is 4.74 Å². The van der Waals surface area contributed by atoms with Crippen molar-refractivity contribution >= 4 is 27.6 Å². The molecule has 0 aliphatic carbocycles. The number of halogens is 3. The van der Waals surface area contributed by atoms with Crippen LogP contribution >= 0.6 is 0 Å². The van der Waals surface area contributed by atoms with Crippen molar-refractivity contribution in [1.82, 2.24) is 4.90 Å². The third kappa shape index (κ3) is 6.04. The molecule has 2 aromatic rings. The number of piperidine rings is 1. The Morgan fingerprint density at radius 3 is 2.58 bits per heavy atom. The van der Waals surface area contributed by atoms with Gasteiger partial charge in [-0.15, -0.1) is 0 Å². The molecular formula is C22H23F3N2O5S. The molecule has 1 aliphatic heterocycles. The maximum Gasteiger partial charge on any atom is 0.416 e. The number of alkyl halides is 3. The largest absolute Gasteiger partial charge is 0.466 e. The Bertz CT molecular complexity index is 1130. The summed E-state index contributed by atoms with van der Waals surface area (Å²) in [4.78, 5) is 26.2. The number of amides is 1. The lowest BCUT2D eigenvalue weighted by Crippen LogP contribution is -2.42. The molecule has 1 N–H and O–H groups in total. The molecule has 1 aliphatic rings. The van der Waals surface area contributed by atoms with E-state index in [0.29, 0.717) is 25.5 Å². The van der Waals surface area contributed by atoms with Crippen LogP contribution in [0.2, 0.25) is 0 Å². The van der Waals surface area contributed by atoms with E-state index in [0.717, 1.165) is 18.2 Å². The fourth-order valence-corrected chi connectivity index (χ4v) is 4.66. The van der Waals surface area contributed by atoms with Crippen LogP contribution in [0, 0.1) is 5.92 Å². The van der Waals surface area contributed by atoms with Gasteiger partial charge in [0.05, 0.1) is 23.0 Å². The number of hydrogen-bond donors (Lipinski definition) is 1. The van der Waals surface area contributed by atoms with Gasteiger partial charge in [-0.2, -0.15) is 13.2 Å². The van der Waals surface area contributed by atoms with Gasteiger partial charge in [0.25, 0.3) is 15.9 Å². The highest BCUT2D eigenvalue weighted by Gasteiger charge is 2.32. The Labute approximate surface area is 189 Å². The van der Waals surface area contributed by atoms with Crippen molar-refractivity contribution in [3.05, 3.63) is 59.7 Å². The lowest BCUT2D eigenvalue weighted by Gasteiger charge is -2.31. The number of nitrogens with one attached hydrogen (secondary N) is 1. The van der Waals surface area contributed by atoms with Crippen LogP contribution in [-0.4, -0.2) is 44.9 Å². The first-order valence-corrected chi connectivity index (χ1v) is 11.8. The maximum atomic E-state index is 13.0. The van der Waals surface area contributed by atoms with Crippen LogP contribution in [0.5, 0.6) is 0 Å². The maximum absolute atomic E-state index is 13.0. The SMILES string of the molecule is CCOC(=O)[C@H]1CCCN(C(=O)c2cccc(S(=O)(=O)Nc3cccc(C(F)(F)F)c3)c2)C1. The second-order valence-corrected chi connectivity index (χ2v) is 9.24. The van der Waals surface area contributed by atoms with Crippen LogP contribution < -0.4 is 4.72 Å². The van der Waals surface area contributed by atoms with Gasteiger partial charge >= 0.3 is 12.1 Å². The van der Waals surface area contributed by atoms with Gasteiger partial charge in [-0.05, 0) is 56.2 Å². The van der Waals surface area contributed by atoms with E-state index in [1.54, 1.807) is 6.92 Å². The molecule has 1 saturated heterocycles. The molecule has 178 valence electrons. The van der Waals surface area contributed by atoms with E-state index in [1.807, 2.05) is 0 Å². The Balaban J connectivity index is 1.78. The van der Waals surface area contributed by atoms with E-state index >= 15 is 0 Å². The second kappa shape index (κ2) is 9.82. The molecule has 1 heterocycles. The molecule has 0 saturated carbocycles. The average Bonchev–Trinajstić information content (AvgIpc) is 2.78. The van der Waals surface area contributed by atoms with Gasteiger partial charge in [-0.25, -0.2) is 8.42 Å². The minimum atomic E-state index is -4.62. The van der Waals surface area contributed by atoms with Crippen LogP contribution in [0.25, 0.3) is 0 Å². The monoisotopic (exact) mass is 484 g/mol. The first-order chi connectivity index (χ1) is 15.5. The molecule has 0 spiro atoms. The molecule has 0 radical (unpaired) electrons. The van der Waals surface area contributed by atoms with Gasteiger partial charge in [-0.1, -0.05) is 12.1 Å². The highest BCUT2D eigenvalue weighted by molar-refractivity contribution is 7.92. The van der Waals surface area contributed by atoms with E-state index in [9.17, 15) is 31.2 Å². The van der Waals surface area contributed by atoms with Crippen molar-refractivity contribution in [2.75, 3.05) is 24.4 Å². The number of likely N-dealkylation sites (tertiary alicyclic amines) is 1. The first kappa shape index (κ1) is 24.6. The number of nitrogens with zero attached hydrogens (tertiary/aromatic N) is 1. The van der Waals surface area contributed by atoms with Crippen LogP contribution in [0.1, 0.15) is 35.7 Å². The van der Waals surface area contributed by atoms with Crippen LogP contribution in [0.15, 0.2) is 53.4 Å². The number of esters is 1. The van der Waals surface area contributed by atoms with Crippen molar-refractivity contribution in [3.8, 4) is 0 Å². The first-order valence-electron chi connectivity index (χ1n) is 10.3. The van der Waals surface area contributed by atoms with Gasteiger partial charge in [0.1, 0.15) is 0 Å². The summed E-state index contributed by atoms with van der Waals surface area (Å²) < 4.78 is 71.4. The minimum absolute atomic E-state index is 0.0893. The van der Waals surface area contributed by atoms with Gasteiger partial charge in [0, 0.05) is 24.3 Å². The molecule has 0 bridgehead atoms. The molecule has 0 aromatic heterocycles. The quantitative estimate of drug-likeness (QED) is 0.628. The molecule has 1 fully saturated rings. The van der Waals surface area contributed by atoms with Crippen LogP contribution in [-0.2, 0) is 25.7 Å². The summed E-state index contributed by atoms with van der Waals surface area (Å²) in [6.45, 7) is 2.51. The van der Waals surface area contributed by atoms with Crippen molar-refractivity contribution in [2.45, 2.75) is 30.8 Å². The zero-order valence-electron chi connectivity index (χ0n) is 17.8. The van der Waals surface area contributed by atoms with Crippen molar-refractivity contribution in [3.63, 3.8) is 0 Å². The highest BCUT2D eigenvalue weighted by Crippen LogP contribution is 2.31. The molecule has 7 nitrogen and oxygen atoms in total. The highest BCUT2D eigenvalue weighted by atomic mass is 32.2. The Morgan fingerprint density at radius 1 is 1.15 bits per heavy atom. The standard InChI is InChI=1S/C22H23F3N2O5S/c1-2-32-21(29)16-7-5-11-27(14-16)20(28)15-6-3-10-19(12-15)33(30,31)26-18-9-4-8-17(13-18)22(23,24)25/h3-4,6,8-10,12-13,16,26H,2,5,7,11,14H2,1H3/t16-/m0/s1. The predicted molar refractivity (Wildman–Crippen MR) is 114 cm³/mol. The molecule has 1 atom stereocenters. The van der Waals surface area contributed by atoms with E-state index in [2.05, 4.69) is 4.72 Å². The summed E-state index contributed by atoms with van der Waals surface area (Å²) >= 11 is 0. The fraction of sp³-hybridized carbons (Fsp3) is 0.364. The zero-order valence-corrected chi connectivity index (χ0v) is 18.6. The van der Waals surface area contributed by atoms with Crippen LogP contribution in [0.3, 0.4) is 0 Å². The lowest BCUT2D eigenvalue weighted by molar-refractivity contribution is -0.149. The number of sulfonamides is 1. The number of benzene rings is 2. The minimum Gasteiger partial charge on any atom is -0.466 e.